The molecule has 0 amide bonds. The van der Waals surface area contributed by atoms with E-state index in [9.17, 15) is 5.26 Å². The highest BCUT2D eigenvalue weighted by molar-refractivity contribution is 6.31. The van der Waals surface area contributed by atoms with Gasteiger partial charge in [-0.3, -0.25) is 0 Å². The molecule has 0 N–H and O–H groups in total. The van der Waals surface area contributed by atoms with E-state index in [4.69, 9.17) is 23.2 Å². The topological polar surface area (TPSA) is 41.6 Å². The van der Waals surface area contributed by atoms with Crippen molar-refractivity contribution in [3.63, 3.8) is 0 Å². The molecule has 1 unspecified atom stereocenters. The molecule has 0 radical (unpaired) electrons. The Hall–Kier alpha value is -2.28. The highest BCUT2D eigenvalue weighted by Crippen LogP contribution is 2.38. The van der Waals surface area contributed by atoms with Crippen LogP contribution in [0, 0.1) is 11.3 Å². The van der Waals surface area contributed by atoms with Crippen LogP contribution in [0.4, 0.5) is 0 Å². The molecule has 1 heterocycles. The summed E-state index contributed by atoms with van der Waals surface area (Å²) in [4.78, 5) is 4.06. The zero-order valence-electron chi connectivity index (χ0n) is 12.2. The van der Waals surface area contributed by atoms with Gasteiger partial charge in [0.25, 0.3) is 0 Å². The smallest absolute Gasteiger partial charge is 0.126 e. The van der Waals surface area contributed by atoms with E-state index in [1.54, 1.807) is 30.7 Å². The van der Waals surface area contributed by atoms with Crippen molar-refractivity contribution in [2.24, 2.45) is 0 Å². The second-order valence-electron chi connectivity index (χ2n) is 5.24. The summed E-state index contributed by atoms with van der Waals surface area (Å²) in [5.41, 5.74) is 0.676. The second-order valence-corrected chi connectivity index (χ2v) is 6.08. The van der Waals surface area contributed by atoms with Crippen LogP contribution in [0.5, 0.6) is 0 Å². The van der Waals surface area contributed by atoms with Gasteiger partial charge < -0.3 is 4.57 Å². The minimum Gasteiger partial charge on any atom is -0.335 e. The van der Waals surface area contributed by atoms with Crippen LogP contribution < -0.4 is 0 Å². The van der Waals surface area contributed by atoms with Crippen molar-refractivity contribution >= 4 is 23.2 Å². The first kappa shape index (κ1) is 15.6. The molecule has 3 rings (SSSR count). The number of halogens is 2. The van der Waals surface area contributed by atoms with Crippen LogP contribution in [0.1, 0.15) is 11.1 Å². The molecule has 0 aliphatic heterocycles. The molecule has 0 aliphatic rings. The molecule has 3 aromatic rings. The fourth-order valence-corrected chi connectivity index (χ4v) is 3.11. The van der Waals surface area contributed by atoms with Crippen molar-refractivity contribution < 1.29 is 0 Å². The highest BCUT2D eigenvalue weighted by atomic mass is 35.5. The SMILES string of the molecule is N#CC(Cn1ccnc1)(c1ccc(Cl)cc1)c1ccccc1Cl. The lowest BCUT2D eigenvalue weighted by Gasteiger charge is -2.29. The molecule has 0 aliphatic carbocycles. The van der Waals surface area contributed by atoms with E-state index in [-0.39, 0.29) is 0 Å². The summed E-state index contributed by atoms with van der Waals surface area (Å²) in [6.45, 7) is 0.412. The van der Waals surface area contributed by atoms with Crippen LogP contribution in [0.3, 0.4) is 0 Å². The zero-order chi connectivity index (χ0) is 16.3. The average molecular weight is 342 g/mol. The fraction of sp³-hybridized carbons (Fsp3) is 0.111. The van der Waals surface area contributed by atoms with E-state index in [0.29, 0.717) is 16.6 Å². The van der Waals surface area contributed by atoms with Gasteiger partial charge in [-0.2, -0.15) is 5.26 Å². The standard InChI is InChI=1S/C18H13Cl2N3/c19-15-7-5-14(6-8-15)18(11-21,12-23-10-9-22-13-23)16-3-1-2-4-17(16)20/h1-10,13H,12H2. The summed E-state index contributed by atoms with van der Waals surface area (Å²) >= 11 is 12.4. The molecule has 1 aromatic heterocycles. The predicted octanol–water partition coefficient (Wildman–Crippen LogP) is 4.70. The lowest BCUT2D eigenvalue weighted by Crippen LogP contribution is -2.31. The molecular weight excluding hydrogens is 329 g/mol. The Morgan fingerprint density at radius 2 is 1.83 bits per heavy atom. The van der Waals surface area contributed by atoms with Gasteiger partial charge in [0.15, 0.2) is 0 Å². The molecule has 0 fully saturated rings. The minimum absolute atomic E-state index is 0.412. The maximum absolute atomic E-state index is 10.1. The Labute approximate surface area is 144 Å². The number of rotatable bonds is 4. The summed E-state index contributed by atoms with van der Waals surface area (Å²) in [5.74, 6) is 0. The van der Waals surface area contributed by atoms with Crippen LogP contribution in [0.2, 0.25) is 10.0 Å². The molecule has 2 aromatic carbocycles. The molecule has 114 valence electrons. The number of benzene rings is 2. The van der Waals surface area contributed by atoms with E-state index in [0.717, 1.165) is 11.1 Å². The normalized spacial score (nSPS) is 13.3. The number of nitrogens with zero attached hydrogens (tertiary/aromatic N) is 3. The number of aromatic nitrogens is 2. The van der Waals surface area contributed by atoms with E-state index in [2.05, 4.69) is 11.1 Å². The quantitative estimate of drug-likeness (QED) is 0.690. The zero-order valence-corrected chi connectivity index (χ0v) is 13.7. The molecular formula is C18H13Cl2N3. The monoisotopic (exact) mass is 341 g/mol. The lowest BCUT2D eigenvalue weighted by atomic mass is 9.75. The third kappa shape index (κ3) is 2.96. The van der Waals surface area contributed by atoms with Gasteiger partial charge in [0, 0.05) is 22.4 Å². The minimum atomic E-state index is -0.927. The van der Waals surface area contributed by atoms with Crippen LogP contribution >= 0.6 is 23.2 Å². The molecule has 5 heteroatoms. The summed E-state index contributed by atoms with van der Waals surface area (Å²) in [7, 11) is 0. The van der Waals surface area contributed by atoms with Crippen LogP contribution in [0.15, 0.2) is 67.3 Å². The number of hydrogen-bond acceptors (Lipinski definition) is 2. The van der Waals surface area contributed by atoms with E-state index in [1.165, 1.54) is 0 Å². The second kappa shape index (κ2) is 6.45. The summed E-state index contributed by atoms with van der Waals surface area (Å²) in [6, 6.07) is 17.2. The molecule has 23 heavy (non-hydrogen) atoms. The third-order valence-corrected chi connectivity index (χ3v) is 4.42. The van der Waals surface area contributed by atoms with Crippen molar-refractivity contribution in [3.8, 4) is 6.07 Å². The van der Waals surface area contributed by atoms with Crippen LogP contribution in [0.25, 0.3) is 0 Å². The number of imidazole rings is 1. The van der Waals surface area contributed by atoms with Gasteiger partial charge in [0.1, 0.15) is 5.41 Å². The van der Waals surface area contributed by atoms with Gasteiger partial charge in [0.05, 0.1) is 18.9 Å². The first-order valence-corrected chi connectivity index (χ1v) is 7.79. The molecule has 0 saturated carbocycles. The average Bonchev–Trinajstić information content (AvgIpc) is 3.07. The Balaban J connectivity index is 2.21. The summed E-state index contributed by atoms with van der Waals surface area (Å²) < 4.78 is 1.88. The maximum atomic E-state index is 10.1. The lowest BCUT2D eigenvalue weighted by molar-refractivity contribution is 0.528. The van der Waals surface area contributed by atoms with Crippen molar-refractivity contribution in [1.82, 2.24) is 9.55 Å². The van der Waals surface area contributed by atoms with Crippen molar-refractivity contribution in [1.29, 1.82) is 5.26 Å². The highest BCUT2D eigenvalue weighted by Gasteiger charge is 2.36. The number of nitriles is 1. The van der Waals surface area contributed by atoms with Gasteiger partial charge >= 0.3 is 0 Å². The predicted molar refractivity (Wildman–Crippen MR) is 91.5 cm³/mol. The largest absolute Gasteiger partial charge is 0.335 e. The van der Waals surface area contributed by atoms with E-state index < -0.39 is 5.41 Å². The summed E-state index contributed by atoms with van der Waals surface area (Å²) in [5, 5.41) is 11.3. The Morgan fingerprint density at radius 3 is 2.43 bits per heavy atom. The first-order valence-electron chi connectivity index (χ1n) is 7.04. The molecule has 3 nitrogen and oxygen atoms in total. The molecule has 0 saturated heterocycles. The van der Waals surface area contributed by atoms with Gasteiger partial charge in [-0.15, -0.1) is 0 Å². The van der Waals surface area contributed by atoms with Crippen molar-refractivity contribution in [2.45, 2.75) is 12.0 Å². The van der Waals surface area contributed by atoms with Crippen molar-refractivity contribution in [3.05, 3.63) is 88.4 Å². The summed E-state index contributed by atoms with van der Waals surface area (Å²) in [6.07, 6.45) is 5.22. The maximum Gasteiger partial charge on any atom is 0.126 e. The van der Waals surface area contributed by atoms with Crippen molar-refractivity contribution in [2.75, 3.05) is 0 Å². The Kier molecular flexibility index (Phi) is 4.38. The Bertz CT molecular complexity index is 835. The third-order valence-electron chi connectivity index (χ3n) is 3.84. The van der Waals surface area contributed by atoms with Gasteiger partial charge in [-0.1, -0.05) is 53.5 Å². The molecule has 1 atom stereocenters. The van der Waals surface area contributed by atoms with Crippen LogP contribution in [-0.2, 0) is 12.0 Å². The van der Waals surface area contributed by atoms with Gasteiger partial charge in [-0.05, 0) is 29.3 Å². The van der Waals surface area contributed by atoms with Gasteiger partial charge in [-0.25, -0.2) is 4.98 Å². The van der Waals surface area contributed by atoms with Gasteiger partial charge in [0.2, 0.25) is 0 Å². The molecule has 0 spiro atoms. The molecule has 0 bridgehead atoms. The Morgan fingerprint density at radius 1 is 1.09 bits per heavy atom. The van der Waals surface area contributed by atoms with E-state index >= 15 is 0 Å². The first-order chi connectivity index (χ1) is 11.2. The number of hydrogen-bond donors (Lipinski definition) is 0. The van der Waals surface area contributed by atoms with Crippen LogP contribution in [-0.4, -0.2) is 9.55 Å². The fourth-order valence-electron chi connectivity index (χ4n) is 2.69. The van der Waals surface area contributed by atoms with E-state index in [1.807, 2.05) is 41.1 Å².